The van der Waals surface area contributed by atoms with E-state index >= 15 is 0 Å². The minimum absolute atomic E-state index is 0.481. The van der Waals surface area contributed by atoms with E-state index in [1.165, 1.54) is 187 Å². The maximum atomic E-state index is 8.71. The molecule has 0 saturated carbocycles. The largest absolute Gasteiger partial charge is 0.328 e. The summed E-state index contributed by atoms with van der Waals surface area (Å²) in [4.78, 5) is 20.2. The van der Waals surface area contributed by atoms with Gasteiger partial charge in [-0.2, -0.15) is 0 Å². The van der Waals surface area contributed by atoms with Gasteiger partial charge in [0, 0.05) is 0 Å². The molecule has 5 heteroatoms. The van der Waals surface area contributed by atoms with Crippen LogP contribution in [0, 0.1) is 0 Å². The molecule has 2 N–H and O–H groups in total. The number of hydrogen-bond donors (Lipinski definition) is 2. The molecule has 0 atom stereocenters. The Labute approximate surface area is 247 Å². The van der Waals surface area contributed by atoms with Gasteiger partial charge in [-0.05, 0) is 45.3 Å². The van der Waals surface area contributed by atoms with Gasteiger partial charge in [0.15, 0.2) is 0 Å². The standard InChI is InChI=1S/C34H72NO3P/c1-3-5-7-9-11-19-23-27-31-35(32-28-24-20-12-10-8-6-4-2)33-29-25-21-17-15-13-14-16-18-22-26-30-34-38-39(36)37/h36-37H,3-34H2,1-2H3. The molecule has 0 aromatic heterocycles. The molecule has 4 nitrogen and oxygen atoms in total. The Hall–Kier alpha value is 0.270. The number of rotatable bonds is 34. The van der Waals surface area contributed by atoms with Gasteiger partial charge >= 0.3 is 8.60 Å². The first-order valence-corrected chi connectivity index (χ1v) is 18.9. The Morgan fingerprint density at radius 3 is 0.923 bits per heavy atom. The van der Waals surface area contributed by atoms with Crippen molar-refractivity contribution in [1.82, 2.24) is 4.90 Å². The second kappa shape index (κ2) is 34.5. The average Bonchev–Trinajstić information content (AvgIpc) is 2.93. The van der Waals surface area contributed by atoms with Gasteiger partial charge in [-0.3, -0.25) is 0 Å². The molecule has 0 spiro atoms. The van der Waals surface area contributed by atoms with E-state index in [0.29, 0.717) is 6.61 Å². The first-order chi connectivity index (χ1) is 19.2. The molecule has 0 aromatic carbocycles. The molecule has 0 radical (unpaired) electrons. The third kappa shape index (κ3) is 34.4. The van der Waals surface area contributed by atoms with Gasteiger partial charge < -0.3 is 19.2 Å². The van der Waals surface area contributed by atoms with Crippen LogP contribution in [0.4, 0.5) is 0 Å². The van der Waals surface area contributed by atoms with E-state index in [-0.39, 0.29) is 0 Å². The van der Waals surface area contributed by atoms with Crippen LogP contribution in [0.1, 0.15) is 194 Å². The molecule has 0 aliphatic rings. The Bertz CT molecular complexity index is 419. The zero-order chi connectivity index (χ0) is 28.5. The number of hydrogen-bond acceptors (Lipinski definition) is 4. The van der Waals surface area contributed by atoms with Gasteiger partial charge in [-0.25, -0.2) is 0 Å². The molecule has 0 bridgehead atoms. The van der Waals surface area contributed by atoms with Gasteiger partial charge in [0.05, 0.1) is 6.61 Å². The van der Waals surface area contributed by atoms with E-state index in [1.54, 1.807) is 0 Å². The highest BCUT2D eigenvalue weighted by Gasteiger charge is 2.05. The van der Waals surface area contributed by atoms with Crippen molar-refractivity contribution in [2.24, 2.45) is 0 Å². The van der Waals surface area contributed by atoms with E-state index in [4.69, 9.17) is 14.3 Å². The van der Waals surface area contributed by atoms with Crippen LogP contribution in [0.5, 0.6) is 0 Å². The zero-order valence-corrected chi connectivity index (χ0v) is 27.7. The summed E-state index contributed by atoms with van der Waals surface area (Å²) in [6.45, 7) is 9.10. The highest BCUT2D eigenvalue weighted by Crippen LogP contribution is 2.24. The Morgan fingerprint density at radius 1 is 0.385 bits per heavy atom. The fraction of sp³-hybridized carbons (Fsp3) is 1.00. The fourth-order valence-corrected chi connectivity index (χ4v) is 5.92. The highest BCUT2D eigenvalue weighted by atomic mass is 31.2. The molecule has 0 rings (SSSR count). The first-order valence-electron chi connectivity index (χ1n) is 17.7. The van der Waals surface area contributed by atoms with Gasteiger partial charge in [-0.15, -0.1) is 0 Å². The molecule has 0 aliphatic carbocycles. The first kappa shape index (κ1) is 39.3. The van der Waals surface area contributed by atoms with Crippen molar-refractivity contribution in [2.45, 2.75) is 194 Å². The van der Waals surface area contributed by atoms with Crippen LogP contribution in [0.15, 0.2) is 0 Å². The molecule has 0 aromatic rings. The molecule has 39 heavy (non-hydrogen) atoms. The summed E-state index contributed by atoms with van der Waals surface area (Å²) < 4.78 is 4.81. The summed E-state index contributed by atoms with van der Waals surface area (Å²) in [5.74, 6) is 0. The zero-order valence-electron chi connectivity index (χ0n) is 26.8. The van der Waals surface area contributed by atoms with Gasteiger partial charge in [-0.1, -0.05) is 168 Å². The minimum Gasteiger partial charge on any atom is -0.328 e. The molecular formula is C34H72NO3P. The van der Waals surface area contributed by atoms with Crippen LogP contribution >= 0.6 is 8.60 Å². The van der Waals surface area contributed by atoms with Crippen LogP contribution < -0.4 is 0 Å². The summed E-state index contributed by atoms with van der Waals surface area (Å²) in [5, 5.41) is 0. The lowest BCUT2D eigenvalue weighted by molar-refractivity contribution is 0.248. The van der Waals surface area contributed by atoms with Crippen LogP contribution in [-0.2, 0) is 4.52 Å². The lowest BCUT2D eigenvalue weighted by Crippen LogP contribution is -2.27. The van der Waals surface area contributed by atoms with Crippen LogP contribution in [-0.4, -0.2) is 40.9 Å². The van der Waals surface area contributed by atoms with E-state index < -0.39 is 8.60 Å². The lowest BCUT2D eigenvalue weighted by atomic mass is 10.0. The van der Waals surface area contributed by atoms with Crippen molar-refractivity contribution < 1.29 is 14.3 Å². The summed E-state index contributed by atoms with van der Waals surface area (Å²) in [7, 11) is -2.16. The van der Waals surface area contributed by atoms with Crippen LogP contribution in [0.25, 0.3) is 0 Å². The maximum Gasteiger partial charge on any atom is 0.327 e. The van der Waals surface area contributed by atoms with Gasteiger partial charge in [0.2, 0.25) is 0 Å². The molecule has 236 valence electrons. The second-order valence-corrected chi connectivity index (χ2v) is 12.9. The third-order valence-corrected chi connectivity index (χ3v) is 8.64. The maximum absolute atomic E-state index is 8.71. The molecule has 0 heterocycles. The monoisotopic (exact) mass is 574 g/mol. The summed E-state index contributed by atoms with van der Waals surface area (Å²) in [6.07, 6.45) is 38.6. The topological polar surface area (TPSA) is 52.9 Å². The molecular weight excluding hydrogens is 501 g/mol. The Morgan fingerprint density at radius 2 is 0.641 bits per heavy atom. The molecule has 0 amide bonds. The normalized spacial score (nSPS) is 11.8. The average molecular weight is 574 g/mol. The third-order valence-electron chi connectivity index (χ3n) is 8.23. The van der Waals surface area contributed by atoms with E-state index in [2.05, 4.69) is 18.7 Å². The smallest absolute Gasteiger partial charge is 0.327 e. The summed E-state index contributed by atoms with van der Waals surface area (Å²) in [6, 6.07) is 0. The van der Waals surface area contributed by atoms with Crippen molar-refractivity contribution in [1.29, 1.82) is 0 Å². The minimum atomic E-state index is -2.16. The van der Waals surface area contributed by atoms with E-state index in [0.717, 1.165) is 12.8 Å². The SMILES string of the molecule is CCCCCCCCCCN(CCCCCCCCCC)CCCCCCCCCCCCCCOP(O)O. The second-order valence-electron chi connectivity index (χ2n) is 12.1. The van der Waals surface area contributed by atoms with Crippen molar-refractivity contribution in [3.63, 3.8) is 0 Å². The Kier molecular flexibility index (Phi) is 34.7. The van der Waals surface area contributed by atoms with Crippen molar-refractivity contribution in [3.8, 4) is 0 Å². The van der Waals surface area contributed by atoms with Gasteiger partial charge in [0.1, 0.15) is 0 Å². The van der Waals surface area contributed by atoms with Gasteiger partial charge in [0.25, 0.3) is 0 Å². The molecule has 0 unspecified atom stereocenters. The molecule has 0 aliphatic heterocycles. The molecule has 0 saturated heterocycles. The predicted molar refractivity (Wildman–Crippen MR) is 174 cm³/mol. The summed E-state index contributed by atoms with van der Waals surface area (Å²) >= 11 is 0. The lowest BCUT2D eigenvalue weighted by Gasteiger charge is -2.22. The Balaban J connectivity index is 3.76. The van der Waals surface area contributed by atoms with Crippen molar-refractivity contribution in [2.75, 3.05) is 26.2 Å². The van der Waals surface area contributed by atoms with Crippen LogP contribution in [0.3, 0.4) is 0 Å². The fourth-order valence-electron chi connectivity index (χ4n) is 5.63. The predicted octanol–water partition coefficient (Wildman–Crippen LogP) is 11.5. The van der Waals surface area contributed by atoms with Crippen LogP contribution in [0.2, 0.25) is 0 Å². The van der Waals surface area contributed by atoms with E-state index in [1.807, 2.05) is 0 Å². The molecule has 0 fully saturated rings. The highest BCUT2D eigenvalue weighted by molar-refractivity contribution is 7.39. The van der Waals surface area contributed by atoms with Crippen molar-refractivity contribution in [3.05, 3.63) is 0 Å². The van der Waals surface area contributed by atoms with E-state index in [9.17, 15) is 0 Å². The number of unbranched alkanes of at least 4 members (excludes halogenated alkanes) is 25. The number of nitrogens with zero attached hydrogens (tertiary/aromatic N) is 1. The van der Waals surface area contributed by atoms with Crippen molar-refractivity contribution >= 4 is 8.60 Å². The quantitative estimate of drug-likeness (QED) is 0.0594. The summed E-state index contributed by atoms with van der Waals surface area (Å²) in [5.41, 5.74) is 0.